The molecular formula is C13H18O7. The zero-order chi connectivity index (χ0) is 15.1. The summed E-state index contributed by atoms with van der Waals surface area (Å²) in [6.45, 7) is 1.52. The van der Waals surface area contributed by atoms with Gasteiger partial charge in [-0.2, -0.15) is 0 Å². The molecule has 0 bridgehead atoms. The molecule has 4 atom stereocenters. The van der Waals surface area contributed by atoms with E-state index in [1.807, 2.05) is 0 Å². The largest absolute Gasteiger partial charge is 0.463 e. The molecule has 112 valence electrons. The van der Waals surface area contributed by atoms with Crippen LogP contribution in [0.4, 0.5) is 0 Å². The summed E-state index contributed by atoms with van der Waals surface area (Å²) in [4.78, 5) is 22.2. The van der Waals surface area contributed by atoms with E-state index in [-0.39, 0.29) is 13.2 Å². The SMILES string of the molecule is C/C=C/[C@H](O)[C@H](O)/C=C/C(=O)OC[C@@H]1COC(=O)[C@@H]1O. The summed E-state index contributed by atoms with van der Waals surface area (Å²) in [5.74, 6) is -2.06. The van der Waals surface area contributed by atoms with Gasteiger partial charge in [0.25, 0.3) is 0 Å². The highest BCUT2D eigenvalue weighted by Crippen LogP contribution is 2.15. The van der Waals surface area contributed by atoms with Crippen LogP contribution in [-0.4, -0.2) is 58.8 Å². The summed E-state index contributed by atoms with van der Waals surface area (Å²) in [7, 11) is 0. The number of aliphatic hydroxyl groups excluding tert-OH is 3. The molecule has 0 aromatic rings. The number of ether oxygens (including phenoxy) is 2. The van der Waals surface area contributed by atoms with Gasteiger partial charge in [0.05, 0.1) is 5.92 Å². The summed E-state index contributed by atoms with van der Waals surface area (Å²) in [5, 5.41) is 28.2. The van der Waals surface area contributed by atoms with E-state index in [1.165, 1.54) is 6.08 Å². The van der Waals surface area contributed by atoms with Gasteiger partial charge in [-0.05, 0) is 13.0 Å². The molecular weight excluding hydrogens is 268 g/mol. The Hall–Kier alpha value is -1.70. The molecule has 0 radical (unpaired) electrons. The van der Waals surface area contributed by atoms with Crippen molar-refractivity contribution in [2.45, 2.75) is 25.2 Å². The molecule has 1 aliphatic heterocycles. The number of esters is 2. The topological polar surface area (TPSA) is 113 Å². The molecule has 0 aromatic heterocycles. The van der Waals surface area contributed by atoms with Crippen LogP contribution in [0, 0.1) is 5.92 Å². The van der Waals surface area contributed by atoms with Gasteiger partial charge in [0.1, 0.15) is 25.4 Å². The third-order valence-corrected chi connectivity index (χ3v) is 2.74. The first-order chi connectivity index (χ1) is 9.45. The number of allylic oxidation sites excluding steroid dienone is 1. The van der Waals surface area contributed by atoms with Gasteiger partial charge in [-0.25, -0.2) is 9.59 Å². The fourth-order valence-electron chi connectivity index (χ4n) is 1.54. The van der Waals surface area contributed by atoms with Gasteiger partial charge >= 0.3 is 11.9 Å². The predicted molar refractivity (Wildman–Crippen MR) is 67.4 cm³/mol. The smallest absolute Gasteiger partial charge is 0.335 e. The third-order valence-electron chi connectivity index (χ3n) is 2.74. The van der Waals surface area contributed by atoms with Crippen LogP contribution in [-0.2, 0) is 19.1 Å². The molecule has 7 heteroatoms. The van der Waals surface area contributed by atoms with Crippen LogP contribution in [0.5, 0.6) is 0 Å². The highest BCUT2D eigenvalue weighted by molar-refractivity contribution is 5.82. The van der Waals surface area contributed by atoms with Gasteiger partial charge in [0.2, 0.25) is 0 Å². The van der Waals surface area contributed by atoms with Crippen molar-refractivity contribution in [2.24, 2.45) is 5.92 Å². The van der Waals surface area contributed by atoms with Crippen LogP contribution in [0.25, 0.3) is 0 Å². The molecule has 0 aromatic carbocycles. The Kier molecular flexibility index (Phi) is 6.37. The lowest BCUT2D eigenvalue weighted by atomic mass is 10.1. The molecule has 1 rings (SSSR count). The first-order valence-corrected chi connectivity index (χ1v) is 6.14. The maximum Gasteiger partial charge on any atom is 0.335 e. The Bertz CT molecular complexity index is 402. The lowest BCUT2D eigenvalue weighted by Gasteiger charge is -2.11. The maximum atomic E-state index is 11.3. The molecule has 1 heterocycles. The van der Waals surface area contributed by atoms with Crippen LogP contribution in [0.1, 0.15) is 6.92 Å². The quantitative estimate of drug-likeness (QED) is 0.323. The van der Waals surface area contributed by atoms with Crippen molar-refractivity contribution >= 4 is 11.9 Å². The minimum Gasteiger partial charge on any atom is -0.463 e. The number of hydrogen-bond acceptors (Lipinski definition) is 7. The van der Waals surface area contributed by atoms with E-state index in [0.717, 1.165) is 12.2 Å². The fraction of sp³-hybridized carbons (Fsp3) is 0.538. The van der Waals surface area contributed by atoms with E-state index in [1.54, 1.807) is 13.0 Å². The molecule has 1 aliphatic rings. The highest BCUT2D eigenvalue weighted by Gasteiger charge is 2.35. The normalized spacial score (nSPS) is 25.9. The molecule has 1 fully saturated rings. The summed E-state index contributed by atoms with van der Waals surface area (Å²) >= 11 is 0. The molecule has 1 saturated heterocycles. The van der Waals surface area contributed by atoms with Gasteiger partial charge in [-0.1, -0.05) is 12.2 Å². The lowest BCUT2D eigenvalue weighted by Crippen LogP contribution is -2.26. The number of aliphatic hydroxyl groups is 3. The molecule has 0 amide bonds. The average molecular weight is 286 g/mol. The minimum absolute atomic E-state index is 0.000369. The molecule has 0 saturated carbocycles. The number of carbonyl (C=O) groups excluding carboxylic acids is 2. The Morgan fingerprint density at radius 1 is 1.45 bits per heavy atom. The molecule has 0 unspecified atom stereocenters. The highest BCUT2D eigenvalue weighted by atomic mass is 16.6. The predicted octanol–water partition coefficient (Wildman–Crippen LogP) is -1.08. The molecule has 7 nitrogen and oxygen atoms in total. The van der Waals surface area contributed by atoms with Crippen LogP contribution in [0.3, 0.4) is 0 Å². The second kappa shape index (κ2) is 7.78. The Morgan fingerprint density at radius 3 is 2.65 bits per heavy atom. The van der Waals surface area contributed by atoms with Gasteiger partial charge in [-0.15, -0.1) is 0 Å². The summed E-state index contributed by atoms with van der Waals surface area (Å²) in [5.41, 5.74) is 0. The first kappa shape index (κ1) is 16.4. The van der Waals surface area contributed by atoms with E-state index >= 15 is 0 Å². The average Bonchev–Trinajstić information content (AvgIpc) is 2.74. The minimum atomic E-state index is -1.28. The molecule has 20 heavy (non-hydrogen) atoms. The van der Waals surface area contributed by atoms with Gasteiger partial charge < -0.3 is 24.8 Å². The summed E-state index contributed by atoms with van der Waals surface area (Å²) < 4.78 is 9.39. The zero-order valence-corrected chi connectivity index (χ0v) is 11.0. The maximum absolute atomic E-state index is 11.3. The Labute approximate surface area is 116 Å². The summed E-state index contributed by atoms with van der Waals surface area (Å²) in [6.07, 6.45) is 1.40. The second-order valence-electron chi connectivity index (χ2n) is 4.33. The number of rotatable bonds is 6. The lowest BCUT2D eigenvalue weighted by molar-refractivity contribution is -0.146. The van der Waals surface area contributed by atoms with Crippen molar-refractivity contribution in [3.05, 3.63) is 24.3 Å². The zero-order valence-electron chi connectivity index (χ0n) is 11.0. The van der Waals surface area contributed by atoms with E-state index in [2.05, 4.69) is 4.74 Å². The van der Waals surface area contributed by atoms with Crippen LogP contribution in [0.2, 0.25) is 0 Å². The molecule has 3 N–H and O–H groups in total. The third kappa shape index (κ3) is 4.76. The van der Waals surface area contributed by atoms with E-state index < -0.39 is 36.2 Å². The van der Waals surface area contributed by atoms with Crippen molar-refractivity contribution in [2.75, 3.05) is 13.2 Å². The number of carbonyl (C=O) groups is 2. The number of cyclic esters (lactones) is 1. The van der Waals surface area contributed by atoms with Crippen molar-refractivity contribution in [3.63, 3.8) is 0 Å². The van der Waals surface area contributed by atoms with Gasteiger partial charge in [0.15, 0.2) is 6.10 Å². The summed E-state index contributed by atoms with van der Waals surface area (Å²) in [6, 6.07) is 0. The fourth-order valence-corrected chi connectivity index (χ4v) is 1.54. The van der Waals surface area contributed by atoms with E-state index in [4.69, 9.17) is 4.74 Å². The van der Waals surface area contributed by atoms with Crippen molar-refractivity contribution in [3.8, 4) is 0 Å². The van der Waals surface area contributed by atoms with E-state index in [9.17, 15) is 24.9 Å². The van der Waals surface area contributed by atoms with Crippen LogP contribution < -0.4 is 0 Å². The second-order valence-corrected chi connectivity index (χ2v) is 4.33. The Morgan fingerprint density at radius 2 is 2.10 bits per heavy atom. The van der Waals surface area contributed by atoms with Crippen molar-refractivity contribution in [1.29, 1.82) is 0 Å². The van der Waals surface area contributed by atoms with Crippen LogP contribution >= 0.6 is 0 Å². The molecule has 0 spiro atoms. The molecule has 0 aliphatic carbocycles. The Balaban J connectivity index is 2.35. The van der Waals surface area contributed by atoms with Crippen LogP contribution in [0.15, 0.2) is 24.3 Å². The first-order valence-electron chi connectivity index (χ1n) is 6.14. The standard InChI is InChI=1S/C13H18O7/c1-2-3-9(14)10(15)4-5-11(16)19-6-8-7-20-13(18)12(8)17/h2-5,8-10,12,14-15,17H,6-7H2,1H3/b3-2+,5-4+/t8-,9+,10-,12-/m1/s1. The van der Waals surface area contributed by atoms with Crippen molar-refractivity contribution < 1.29 is 34.4 Å². The van der Waals surface area contributed by atoms with E-state index in [0.29, 0.717) is 0 Å². The van der Waals surface area contributed by atoms with Crippen molar-refractivity contribution in [1.82, 2.24) is 0 Å². The number of hydrogen-bond donors (Lipinski definition) is 3. The monoisotopic (exact) mass is 286 g/mol. The van der Waals surface area contributed by atoms with Gasteiger partial charge in [0, 0.05) is 6.08 Å². The van der Waals surface area contributed by atoms with Gasteiger partial charge in [-0.3, -0.25) is 0 Å².